The fourth-order valence-corrected chi connectivity index (χ4v) is 3.53. The summed E-state index contributed by atoms with van der Waals surface area (Å²) in [6, 6.07) is 16.7. The van der Waals surface area contributed by atoms with Crippen LogP contribution in [0.2, 0.25) is 0 Å². The standard InChI is InChI=1S/C21H27N3OS/c1-25-20-10-8-17(9-11-20)14-22-21(26)23-15-18-6-2-3-7-19(18)16-24-12-4-5-13-24/h2-3,6-11H,4-5,12-16H2,1H3,(H2,22,23,26)/p+1. The van der Waals surface area contributed by atoms with Crippen molar-refractivity contribution >= 4 is 17.3 Å². The molecular formula is C21H28N3OS+. The number of rotatable bonds is 7. The Hall–Kier alpha value is -2.11. The molecule has 1 fully saturated rings. The van der Waals surface area contributed by atoms with E-state index in [4.69, 9.17) is 17.0 Å². The van der Waals surface area contributed by atoms with Crippen LogP contribution in [-0.2, 0) is 19.6 Å². The number of ether oxygens (including phenoxy) is 1. The minimum absolute atomic E-state index is 0.684. The second kappa shape index (κ2) is 9.55. The van der Waals surface area contributed by atoms with Crippen LogP contribution in [0, 0.1) is 0 Å². The van der Waals surface area contributed by atoms with Gasteiger partial charge in [0, 0.05) is 31.5 Å². The maximum Gasteiger partial charge on any atom is 0.166 e. The predicted molar refractivity (Wildman–Crippen MR) is 109 cm³/mol. The molecule has 5 heteroatoms. The fourth-order valence-electron chi connectivity index (χ4n) is 3.39. The Morgan fingerprint density at radius 2 is 1.62 bits per heavy atom. The summed E-state index contributed by atoms with van der Waals surface area (Å²) in [6.45, 7) is 5.17. The van der Waals surface area contributed by atoms with E-state index in [1.807, 2.05) is 24.3 Å². The first-order valence-corrected chi connectivity index (χ1v) is 9.70. The molecular weight excluding hydrogens is 342 g/mol. The molecule has 0 aliphatic carbocycles. The lowest BCUT2D eigenvalue weighted by Gasteiger charge is -2.16. The molecule has 3 rings (SSSR count). The van der Waals surface area contributed by atoms with Crippen LogP contribution in [0.25, 0.3) is 0 Å². The molecule has 0 radical (unpaired) electrons. The summed E-state index contributed by atoms with van der Waals surface area (Å²) in [4.78, 5) is 1.69. The maximum atomic E-state index is 5.44. The molecule has 26 heavy (non-hydrogen) atoms. The number of quaternary nitrogens is 1. The summed E-state index contributed by atoms with van der Waals surface area (Å²) >= 11 is 5.44. The van der Waals surface area contributed by atoms with E-state index in [1.54, 1.807) is 12.0 Å². The summed E-state index contributed by atoms with van der Waals surface area (Å²) in [5.74, 6) is 0.867. The summed E-state index contributed by atoms with van der Waals surface area (Å²) < 4.78 is 5.18. The van der Waals surface area contributed by atoms with Crippen molar-refractivity contribution in [3.05, 3.63) is 65.2 Å². The first kappa shape index (κ1) is 18.7. The number of hydrogen-bond acceptors (Lipinski definition) is 2. The minimum Gasteiger partial charge on any atom is -0.497 e. The minimum atomic E-state index is 0.684. The lowest BCUT2D eigenvalue weighted by molar-refractivity contribution is -0.901. The summed E-state index contributed by atoms with van der Waals surface area (Å²) in [5.41, 5.74) is 3.93. The predicted octanol–water partition coefficient (Wildman–Crippen LogP) is 2.04. The van der Waals surface area contributed by atoms with Gasteiger partial charge >= 0.3 is 0 Å². The molecule has 2 aromatic rings. The fraction of sp³-hybridized carbons (Fsp3) is 0.381. The van der Waals surface area contributed by atoms with Crippen molar-refractivity contribution in [1.29, 1.82) is 0 Å². The first-order valence-electron chi connectivity index (χ1n) is 9.29. The molecule has 138 valence electrons. The van der Waals surface area contributed by atoms with Crippen molar-refractivity contribution in [2.45, 2.75) is 32.5 Å². The smallest absolute Gasteiger partial charge is 0.166 e. The van der Waals surface area contributed by atoms with E-state index in [9.17, 15) is 0 Å². The SMILES string of the molecule is COc1ccc(CNC(=S)NCc2ccccc2C[NH+]2CCCC2)cc1. The van der Waals surface area contributed by atoms with Crippen LogP contribution in [0.4, 0.5) is 0 Å². The van der Waals surface area contributed by atoms with Gasteiger partial charge in [0.05, 0.1) is 20.2 Å². The van der Waals surface area contributed by atoms with Crippen LogP contribution in [0.3, 0.4) is 0 Å². The number of methoxy groups -OCH3 is 1. The van der Waals surface area contributed by atoms with Gasteiger partial charge in [-0.05, 0) is 35.5 Å². The van der Waals surface area contributed by atoms with Crippen LogP contribution in [-0.4, -0.2) is 25.3 Å². The normalized spacial score (nSPS) is 14.2. The van der Waals surface area contributed by atoms with Gasteiger partial charge in [-0.25, -0.2) is 0 Å². The van der Waals surface area contributed by atoms with E-state index in [1.165, 1.54) is 42.6 Å². The molecule has 1 aliphatic heterocycles. The molecule has 0 spiro atoms. The molecule has 1 heterocycles. The molecule has 0 bridgehead atoms. The maximum absolute atomic E-state index is 5.44. The zero-order chi connectivity index (χ0) is 18.2. The topological polar surface area (TPSA) is 37.7 Å². The van der Waals surface area contributed by atoms with Gasteiger partial charge in [-0.2, -0.15) is 0 Å². The third-order valence-electron chi connectivity index (χ3n) is 4.92. The average molecular weight is 371 g/mol. The number of hydrogen-bond donors (Lipinski definition) is 3. The Kier molecular flexibility index (Phi) is 6.86. The Labute approximate surface area is 161 Å². The highest BCUT2D eigenvalue weighted by molar-refractivity contribution is 7.80. The van der Waals surface area contributed by atoms with Crippen molar-refractivity contribution in [2.75, 3.05) is 20.2 Å². The zero-order valence-corrected chi connectivity index (χ0v) is 16.2. The monoisotopic (exact) mass is 370 g/mol. The van der Waals surface area contributed by atoms with Gasteiger partial charge in [0.25, 0.3) is 0 Å². The van der Waals surface area contributed by atoms with Crippen LogP contribution in [0.15, 0.2) is 48.5 Å². The molecule has 0 amide bonds. The van der Waals surface area contributed by atoms with E-state index in [-0.39, 0.29) is 0 Å². The van der Waals surface area contributed by atoms with Gasteiger partial charge < -0.3 is 20.3 Å². The zero-order valence-electron chi connectivity index (χ0n) is 15.4. The first-order chi connectivity index (χ1) is 12.7. The van der Waals surface area contributed by atoms with Crippen molar-refractivity contribution in [3.63, 3.8) is 0 Å². The van der Waals surface area contributed by atoms with Crippen molar-refractivity contribution < 1.29 is 9.64 Å². The van der Waals surface area contributed by atoms with E-state index in [0.29, 0.717) is 11.7 Å². The van der Waals surface area contributed by atoms with Crippen molar-refractivity contribution in [2.24, 2.45) is 0 Å². The number of likely N-dealkylation sites (tertiary alicyclic amines) is 1. The molecule has 1 aliphatic rings. The van der Waals surface area contributed by atoms with E-state index in [2.05, 4.69) is 34.9 Å². The third-order valence-corrected chi connectivity index (χ3v) is 5.21. The Balaban J connectivity index is 1.47. The van der Waals surface area contributed by atoms with Gasteiger partial charge in [0.1, 0.15) is 12.3 Å². The molecule has 2 aromatic carbocycles. The quantitative estimate of drug-likeness (QED) is 0.652. The lowest BCUT2D eigenvalue weighted by atomic mass is 10.1. The molecule has 4 nitrogen and oxygen atoms in total. The summed E-state index contributed by atoms with van der Waals surface area (Å²) in [7, 11) is 1.68. The molecule has 0 saturated carbocycles. The highest BCUT2D eigenvalue weighted by atomic mass is 32.1. The summed E-state index contributed by atoms with van der Waals surface area (Å²) in [5, 5.41) is 7.30. The second-order valence-corrected chi connectivity index (χ2v) is 7.20. The van der Waals surface area contributed by atoms with Crippen molar-refractivity contribution in [3.8, 4) is 5.75 Å². The molecule has 0 unspecified atom stereocenters. The molecule has 0 atom stereocenters. The lowest BCUT2D eigenvalue weighted by Crippen LogP contribution is -3.08. The van der Waals surface area contributed by atoms with Gasteiger partial charge in [-0.15, -0.1) is 0 Å². The Bertz CT molecular complexity index is 711. The van der Waals surface area contributed by atoms with Gasteiger partial charge in [0.15, 0.2) is 5.11 Å². The summed E-state index contributed by atoms with van der Waals surface area (Å²) in [6.07, 6.45) is 2.71. The Morgan fingerprint density at radius 3 is 2.31 bits per heavy atom. The highest BCUT2D eigenvalue weighted by Gasteiger charge is 2.17. The van der Waals surface area contributed by atoms with E-state index >= 15 is 0 Å². The second-order valence-electron chi connectivity index (χ2n) is 6.79. The molecule has 3 N–H and O–H groups in total. The van der Waals surface area contributed by atoms with Gasteiger partial charge in [-0.1, -0.05) is 36.4 Å². The van der Waals surface area contributed by atoms with Crippen LogP contribution < -0.4 is 20.3 Å². The van der Waals surface area contributed by atoms with Crippen LogP contribution in [0.1, 0.15) is 29.5 Å². The van der Waals surface area contributed by atoms with Crippen LogP contribution >= 0.6 is 12.2 Å². The van der Waals surface area contributed by atoms with Gasteiger partial charge in [0.2, 0.25) is 0 Å². The third kappa shape index (κ3) is 5.44. The van der Waals surface area contributed by atoms with E-state index < -0.39 is 0 Å². The Morgan fingerprint density at radius 1 is 0.962 bits per heavy atom. The molecule has 0 aromatic heterocycles. The van der Waals surface area contributed by atoms with E-state index in [0.717, 1.165) is 18.8 Å². The average Bonchev–Trinajstić information content (AvgIpc) is 3.19. The van der Waals surface area contributed by atoms with Crippen LogP contribution in [0.5, 0.6) is 5.75 Å². The number of thiocarbonyl (C=S) groups is 1. The highest BCUT2D eigenvalue weighted by Crippen LogP contribution is 2.11. The number of benzene rings is 2. The van der Waals surface area contributed by atoms with Crippen molar-refractivity contribution in [1.82, 2.24) is 10.6 Å². The van der Waals surface area contributed by atoms with Gasteiger partial charge in [-0.3, -0.25) is 0 Å². The largest absolute Gasteiger partial charge is 0.497 e. The number of nitrogens with one attached hydrogen (secondary N) is 3. The molecule has 1 saturated heterocycles.